The van der Waals surface area contributed by atoms with Gasteiger partial charge in [-0.15, -0.1) is 0 Å². The van der Waals surface area contributed by atoms with Gasteiger partial charge in [0.1, 0.15) is 0 Å². The van der Waals surface area contributed by atoms with Crippen LogP contribution in [0.25, 0.3) is 0 Å². The molecule has 1 saturated carbocycles. The van der Waals surface area contributed by atoms with Crippen LogP contribution in [0, 0.1) is 11.8 Å². The number of likely N-dealkylation sites (tertiary alicyclic amines) is 1. The number of nitrogens with zero attached hydrogens (tertiary/aromatic N) is 1. The number of hydrogen-bond donors (Lipinski definition) is 1. The highest BCUT2D eigenvalue weighted by molar-refractivity contribution is 5.79. The van der Waals surface area contributed by atoms with Gasteiger partial charge in [0.05, 0.1) is 0 Å². The van der Waals surface area contributed by atoms with E-state index in [1.54, 1.807) is 0 Å². The lowest BCUT2D eigenvalue weighted by Crippen LogP contribution is -2.47. The molecule has 3 nitrogen and oxygen atoms in total. The number of nitrogens with two attached hydrogens (primary N) is 1. The molecule has 2 fully saturated rings. The van der Waals surface area contributed by atoms with Crippen molar-refractivity contribution in [3.05, 3.63) is 0 Å². The lowest BCUT2D eigenvalue weighted by molar-refractivity contribution is -0.140. The van der Waals surface area contributed by atoms with Gasteiger partial charge in [-0.1, -0.05) is 6.92 Å². The van der Waals surface area contributed by atoms with E-state index in [0.29, 0.717) is 24.4 Å². The molecule has 2 N–H and O–H groups in total. The van der Waals surface area contributed by atoms with Gasteiger partial charge >= 0.3 is 0 Å². The van der Waals surface area contributed by atoms with Gasteiger partial charge < -0.3 is 10.6 Å². The molecule has 3 heteroatoms. The third-order valence-electron chi connectivity index (χ3n) is 4.78. The van der Waals surface area contributed by atoms with Crippen molar-refractivity contribution in [3.63, 3.8) is 0 Å². The van der Waals surface area contributed by atoms with Crippen LogP contribution in [0.4, 0.5) is 0 Å². The molecule has 1 saturated heterocycles. The molecule has 1 atom stereocenters. The lowest BCUT2D eigenvalue weighted by Gasteiger charge is -2.39. The van der Waals surface area contributed by atoms with Gasteiger partial charge in [0.25, 0.3) is 0 Å². The van der Waals surface area contributed by atoms with Gasteiger partial charge in [0, 0.05) is 18.5 Å². The summed E-state index contributed by atoms with van der Waals surface area (Å²) < 4.78 is 0. The number of carbonyl (C=O) groups excluding carboxylic acids is 1. The zero-order chi connectivity index (χ0) is 13.0. The summed E-state index contributed by atoms with van der Waals surface area (Å²) in [6, 6.07) is 0.426. The van der Waals surface area contributed by atoms with Crippen LogP contribution in [0.3, 0.4) is 0 Å². The molecule has 104 valence electrons. The SMILES string of the molecule is CC1CCC(C(=O)N2CCCCC2CCN)CC1. The fraction of sp³-hybridized carbons (Fsp3) is 0.933. The Morgan fingerprint density at radius 1 is 1.17 bits per heavy atom. The summed E-state index contributed by atoms with van der Waals surface area (Å²) in [6.07, 6.45) is 9.24. The molecule has 1 aliphatic heterocycles. The van der Waals surface area contributed by atoms with Gasteiger partial charge in [-0.05, 0) is 63.8 Å². The number of rotatable bonds is 3. The topological polar surface area (TPSA) is 46.3 Å². The highest BCUT2D eigenvalue weighted by Crippen LogP contribution is 2.31. The van der Waals surface area contributed by atoms with Crippen molar-refractivity contribution >= 4 is 5.91 Å². The van der Waals surface area contributed by atoms with Crippen molar-refractivity contribution in [3.8, 4) is 0 Å². The first-order valence-electron chi connectivity index (χ1n) is 7.73. The fourth-order valence-corrected chi connectivity index (χ4v) is 3.52. The Hall–Kier alpha value is -0.570. The molecule has 0 aromatic rings. The summed E-state index contributed by atoms with van der Waals surface area (Å²) in [5.41, 5.74) is 5.68. The average Bonchev–Trinajstić information content (AvgIpc) is 2.40. The second-order valence-electron chi connectivity index (χ2n) is 6.22. The van der Waals surface area contributed by atoms with Crippen LogP contribution < -0.4 is 5.73 Å². The first kappa shape index (κ1) is 13.9. The second-order valence-corrected chi connectivity index (χ2v) is 6.22. The van der Waals surface area contributed by atoms with Gasteiger partial charge in [0.2, 0.25) is 5.91 Å². The zero-order valence-electron chi connectivity index (χ0n) is 11.7. The summed E-state index contributed by atoms with van der Waals surface area (Å²) in [6.45, 7) is 3.98. The Bertz CT molecular complexity index is 270. The molecule has 1 aliphatic carbocycles. The predicted molar refractivity (Wildman–Crippen MR) is 74.1 cm³/mol. The number of carbonyl (C=O) groups is 1. The van der Waals surface area contributed by atoms with E-state index in [1.807, 2.05) is 0 Å². The monoisotopic (exact) mass is 252 g/mol. The Morgan fingerprint density at radius 2 is 1.89 bits per heavy atom. The quantitative estimate of drug-likeness (QED) is 0.839. The standard InChI is InChI=1S/C15H28N2O/c1-12-5-7-13(8-6-12)15(18)17-11-3-2-4-14(17)9-10-16/h12-14H,2-11,16H2,1H3. The highest BCUT2D eigenvalue weighted by Gasteiger charge is 2.32. The van der Waals surface area contributed by atoms with E-state index in [2.05, 4.69) is 11.8 Å². The number of amides is 1. The molecule has 1 unspecified atom stereocenters. The van der Waals surface area contributed by atoms with Gasteiger partial charge in [-0.3, -0.25) is 4.79 Å². The molecule has 0 spiro atoms. The molecular formula is C15H28N2O. The smallest absolute Gasteiger partial charge is 0.225 e. The minimum atomic E-state index is 0.305. The van der Waals surface area contributed by atoms with Crippen molar-refractivity contribution in [1.82, 2.24) is 4.90 Å². The summed E-state index contributed by atoms with van der Waals surface area (Å²) in [7, 11) is 0. The molecule has 1 heterocycles. The maximum atomic E-state index is 12.6. The van der Waals surface area contributed by atoms with Crippen LogP contribution in [0.5, 0.6) is 0 Å². The zero-order valence-corrected chi connectivity index (χ0v) is 11.7. The molecule has 0 bridgehead atoms. The minimum Gasteiger partial charge on any atom is -0.339 e. The Kier molecular flexibility index (Phi) is 5.04. The van der Waals surface area contributed by atoms with Crippen molar-refractivity contribution in [2.24, 2.45) is 17.6 Å². The second kappa shape index (κ2) is 6.55. The molecule has 0 radical (unpaired) electrons. The van der Waals surface area contributed by atoms with E-state index in [9.17, 15) is 4.79 Å². The summed E-state index contributed by atoms with van der Waals surface area (Å²) in [4.78, 5) is 14.8. The third kappa shape index (κ3) is 3.25. The van der Waals surface area contributed by atoms with Crippen LogP contribution in [-0.4, -0.2) is 29.9 Å². The average molecular weight is 252 g/mol. The minimum absolute atomic E-state index is 0.305. The Labute approximate surface area is 111 Å². The molecule has 0 aromatic heterocycles. The third-order valence-corrected chi connectivity index (χ3v) is 4.78. The lowest BCUT2D eigenvalue weighted by atomic mass is 9.81. The fourth-order valence-electron chi connectivity index (χ4n) is 3.52. The molecular weight excluding hydrogens is 224 g/mol. The van der Waals surface area contributed by atoms with Gasteiger partial charge in [-0.2, -0.15) is 0 Å². The van der Waals surface area contributed by atoms with Crippen molar-refractivity contribution in [2.75, 3.05) is 13.1 Å². The van der Waals surface area contributed by atoms with Gasteiger partial charge in [0.15, 0.2) is 0 Å². The van der Waals surface area contributed by atoms with Crippen molar-refractivity contribution in [2.45, 2.75) is 64.3 Å². The maximum absolute atomic E-state index is 12.6. The Morgan fingerprint density at radius 3 is 2.56 bits per heavy atom. The molecule has 18 heavy (non-hydrogen) atoms. The van der Waals surface area contributed by atoms with Crippen molar-refractivity contribution < 1.29 is 4.79 Å². The van der Waals surface area contributed by atoms with E-state index in [1.165, 1.54) is 25.7 Å². The van der Waals surface area contributed by atoms with E-state index in [-0.39, 0.29) is 0 Å². The van der Waals surface area contributed by atoms with Crippen LogP contribution in [0.15, 0.2) is 0 Å². The summed E-state index contributed by atoms with van der Waals surface area (Å²) in [5.74, 6) is 1.55. The van der Waals surface area contributed by atoms with Crippen LogP contribution in [0.2, 0.25) is 0 Å². The van der Waals surface area contributed by atoms with Crippen LogP contribution in [0.1, 0.15) is 58.3 Å². The molecule has 0 aromatic carbocycles. The largest absolute Gasteiger partial charge is 0.339 e. The first-order chi connectivity index (χ1) is 8.72. The van der Waals surface area contributed by atoms with E-state index in [0.717, 1.165) is 38.1 Å². The predicted octanol–water partition coefficient (Wildman–Crippen LogP) is 2.54. The van der Waals surface area contributed by atoms with E-state index >= 15 is 0 Å². The van der Waals surface area contributed by atoms with E-state index in [4.69, 9.17) is 5.73 Å². The maximum Gasteiger partial charge on any atom is 0.225 e. The molecule has 1 amide bonds. The normalized spacial score (nSPS) is 33.4. The number of piperidine rings is 1. The molecule has 2 aliphatic rings. The summed E-state index contributed by atoms with van der Waals surface area (Å²) >= 11 is 0. The highest BCUT2D eigenvalue weighted by atomic mass is 16.2. The van der Waals surface area contributed by atoms with Crippen molar-refractivity contribution in [1.29, 1.82) is 0 Å². The van der Waals surface area contributed by atoms with Gasteiger partial charge in [-0.25, -0.2) is 0 Å². The first-order valence-corrected chi connectivity index (χ1v) is 7.73. The summed E-state index contributed by atoms with van der Waals surface area (Å²) in [5, 5.41) is 0. The van der Waals surface area contributed by atoms with Crippen LogP contribution in [-0.2, 0) is 4.79 Å². The van der Waals surface area contributed by atoms with Crippen LogP contribution >= 0.6 is 0 Å². The number of hydrogen-bond acceptors (Lipinski definition) is 2. The molecule has 2 rings (SSSR count). The Balaban J connectivity index is 1.93. The van der Waals surface area contributed by atoms with E-state index < -0.39 is 0 Å².